The number of rotatable bonds is 0. The summed E-state index contributed by atoms with van der Waals surface area (Å²) in [6, 6.07) is 5.64. The third kappa shape index (κ3) is 1.14. The Labute approximate surface area is 70.0 Å². The molecular formula is C9H8ClF. The SMILES string of the molecule is FC1Cc2cccc(Cl)c2C1. The van der Waals surface area contributed by atoms with E-state index in [4.69, 9.17) is 11.6 Å². The van der Waals surface area contributed by atoms with Gasteiger partial charge < -0.3 is 0 Å². The Morgan fingerprint density at radius 2 is 2.18 bits per heavy atom. The predicted octanol–water partition coefficient (Wildman–Crippen LogP) is 2.78. The quantitative estimate of drug-likeness (QED) is 0.562. The van der Waals surface area contributed by atoms with E-state index in [-0.39, 0.29) is 0 Å². The van der Waals surface area contributed by atoms with E-state index in [9.17, 15) is 4.39 Å². The molecule has 58 valence electrons. The molecular weight excluding hydrogens is 163 g/mol. The summed E-state index contributed by atoms with van der Waals surface area (Å²) in [5.74, 6) is 0. The van der Waals surface area contributed by atoms with E-state index in [0.29, 0.717) is 17.9 Å². The van der Waals surface area contributed by atoms with Crippen molar-refractivity contribution >= 4 is 11.6 Å². The molecule has 1 aliphatic carbocycles. The summed E-state index contributed by atoms with van der Waals surface area (Å²) in [7, 11) is 0. The third-order valence-corrected chi connectivity index (χ3v) is 2.44. The fraction of sp³-hybridized carbons (Fsp3) is 0.333. The van der Waals surface area contributed by atoms with Crippen molar-refractivity contribution in [1.82, 2.24) is 0 Å². The normalized spacial score (nSPS) is 21.8. The summed E-state index contributed by atoms with van der Waals surface area (Å²) in [5, 5.41) is 0.711. The van der Waals surface area contributed by atoms with Crippen LogP contribution < -0.4 is 0 Å². The second kappa shape index (κ2) is 2.49. The minimum absolute atomic E-state index is 0.495. The molecule has 1 aromatic rings. The standard InChI is InChI=1S/C9H8ClF/c10-9-3-1-2-6-4-7(11)5-8(6)9/h1-3,7H,4-5H2. The monoisotopic (exact) mass is 170 g/mol. The van der Waals surface area contributed by atoms with Gasteiger partial charge in [-0.05, 0) is 17.2 Å². The highest BCUT2D eigenvalue weighted by atomic mass is 35.5. The lowest BCUT2D eigenvalue weighted by molar-refractivity contribution is 0.349. The van der Waals surface area contributed by atoms with Crippen LogP contribution in [0.1, 0.15) is 11.1 Å². The maximum atomic E-state index is 12.8. The molecule has 0 aromatic heterocycles. The molecule has 1 atom stereocenters. The molecule has 0 fully saturated rings. The second-order valence-electron chi connectivity index (χ2n) is 2.88. The zero-order chi connectivity index (χ0) is 7.84. The second-order valence-corrected chi connectivity index (χ2v) is 3.29. The summed E-state index contributed by atoms with van der Waals surface area (Å²) >= 11 is 5.87. The van der Waals surface area contributed by atoms with Crippen LogP contribution in [0.15, 0.2) is 18.2 Å². The molecule has 0 saturated carbocycles. The molecule has 11 heavy (non-hydrogen) atoms. The van der Waals surface area contributed by atoms with Crippen LogP contribution in [0.25, 0.3) is 0 Å². The number of halogens is 2. The summed E-state index contributed by atoms with van der Waals surface area (Å²) in [6.45, 7) is 0. The summed E-state index contributed by atoms with van der Waals surface area (Å²) in [6.07, 6.45) is 0.315. The number of fused-ring (bicyclic) bond motifs is 1. The first-order valence-electron chi connectivity index (χ1n) is 3.67. The van der Waals surface area contributed by atoms with Gasteiger partial charge in [-0.15, -0.1) is 0 Å². The Morgan fingerprint density at radius 3 is 2.91 bits per heavy atom. The van der Waals surface area contributed by atoms with E-state index in [0.717, 1.165) is 11.1 Å². The highest BCUT2D eigenvalue weighted by Gasteiger charge is 2.22. The molecule has 0 amide bonds. The topological polar surface area (TPSA) is 0 Å². The fourth-order valence-corrected chi connectivity index (χ4v) is 1.83. The predicted molar refractivity (Wildman–Crippen MR) is 43.8 cm³/mol. The number of hydrogen-bond acceptors (Lipinski definition) is 0. The molecule has 0 nitrogen and oxygen atoms in total. The molecule has 0 bridgehead atoms. The highest BCUT2D eigenvalue weighted by molar-refractivity contribution is 6.31. The lowest BCUT2D eigenvalue weighted by Gasteiger charge is -1.98. The van der Waals surface area contributed by atoms with Crippen molar-refractivity contribution in [2.24, 2.45) is 0 Å². The summed E-state index contributed by atoms with van der Waals surface area (Å²) < 4.78 is 12.8. The van der Waals surface area contributed by atoms with Crippen molar-refractivity contribution in [3.63, 3.8) is 0 Å². The van der Waals surface area contributed by atoms with Gasteiger partial charge in [-0.3, -0.25) is 0 Å². The van der Waals surface area contributed by atoms with Gasteiger partial charge in [0, 0.05) is 17.9 Å². The van der Waals surface area contributed by atoms with Crippen LogP contribution in [-0.2, 0) is 12.8 Å². The summed E-state index contributed by atoms with van der Waals surface area (Å²) in [5.41, 5.74) is 2.08. The van der Waals surface area contributed by atoms with Crippen molar-refractivity contribution in [2.75, 3.05) is 0 Å². The van der Waals surface area contributed by atoms with Crippen LogP contribution >= 0.6 is 11.6 Å². The van der Waals surface area contributed by atoms with Crippen molar-refractivity contribution in [3.8, 4) is 0 Å². The van der Waals surface area contributed by atoms with Gasteiger partial charge in [0.2, 0.25) is 0 Å². The minimum Gasteiger partial charge on any atom is -0.247 e. The molecule has 1 aliphatic rings. The zero-order valence-corrected chi connectivity index (χ0v) is 6.74. The van der Waals surface area contributed by atoms with Crippen LogP contribution in [0.2, 0.25) is 5.02 Å². The van der Waals surface area contributed by atoms with E-state index in [1.54, 1.807) is 0 Å². The third-order valence-electron chi connectivity index (χ3n) is 2.08. The van der Waals surface area contributed by atoms with Gasteiger partial charge in [-0.1, -0.05) is 23.7 Å². The van der Waals surface area contributed by atoms with Gasteiger partial charge in [-0.2, -0.15) is 0 Å². The molecule has 0 heterocycles. The molecule has 0 radical (unpaired) electrons. The molecule has 1 aromatic carbocycles. The Hall–Kier alpha value is -0.560. The molecule has 0 N–H and O–H groups in total. The first-order valence-corrected chi connectivity index (χ1v) is 4.05. The van der Waals surface area contributed by atoms with Crippen LogP contribution in [-0.4, -0.2) is 6.17 Å². The molecule has 1 unspecified atom stereocenters. The van der Waals surface area contributed by atoms with Crippen LogP contribution in [0.5, 0.6) is 0 Å². The van der Waals surface area contributed by atoms with Crippen molar-refractivity contribution in [1.29, 1.82) is 0 Å². The van der Waals surface area contributed by atoms with Crippen LogP contribution in [0.3, 0.4) is 0 Å². The van der Waals surface area contributed by atoms with E-state index in [2.05, 4.69) is 0 Å². The molecule has 2 heteroatoms. The average molecular weight is 171 g/mol. The van der Waals surface area contributed by atoms with Crippen molar-refractivity contribution in [2.45, 2.75) is 19.0 Å². The van der Waals surface area contributed by atoms with E-state index in [1.165, 1.54) is 0 Å². The lowest BCUT2D eigenvalue weighted by atomic mass is 10.1. The molecule has 0 aliphatic heterocycles. The van der Waals surface area contributed by atoms with Crippen LogP contribution in [0, 0.1) is 0 Å². The van der Waals surface area contributed by atoms with Gasteiger partial charge in [0.25, 0.3) is 0 Å². The van der Waals surface area contributed by atoms with E-state index in [1.807, 2.05) is 18.2 Å². The number of hydrogen-bond donors (Lipinski definition) is 0. The highest BCUT2D eigenvalue weighted by Crippen LogP contribution is 2.29. The van der Waals surface area contributed by atoms with Crippen LogP contribution in [0.4, 0.5) is 4.39 Å². The molecule has 0 saturated heterocycles. The zero-order valence-electron chi connectivity index (χ0n) is 5.98. The van der Waals surface area contributed by atoms with Crippen molar-refractivity contribution < 1.29 is 4.39 Å². The Bertz CT molecular complexity index is 283. The fourth-order valence-electron chi connectivity index (χ4n) is 1.56. The molecule has 0 spiro atoms. The first kappa shape index (κ1) is 7.11. The maximum Gasteiger partial charge on any atom is 0.108 e. The number of benzene rings is 1. The van der Waals surface area contributed by atoms with E-state index >= 15 is 0 Å². The Morgan fingerprint density at radius 1 is 1.36 bits per heavy atom. The number of alkyl halides is 1. The van der Waals surface area contributed by atoms with Gasteiger partial charge in [-0.25, -0.2) is 4.39 Å². The van der Waals surface area contributed by atoms with Crippen molar-refractivity contribution in [3.05, 3.63) is 34.3 Å². The van der Waals surface area contributed by atoms with E-state index < -0.39 is 6.17 Å². The average Bonchev–Trinajstić information content (AvgIpc) is 2.31. The Kier molecular flexibility index (Phi) is 1.61. The Balaban J connectivity index is 2.49. The lowest BCUT2D eigenvalue weighted by Crippen LogP contribution is -1.95. The summed E-state index contributed by atoms with van der Waals surface area (Å²) in [4.78, 5) is 0. The first-order chi connectivity index (χ1) is 5.27. The van der Waals surface area contributed by atoms with Gasteiger partial charge in [0.1, 0.15) is 6.17 Å². The van der Waals surface area contributed by atoms with Gasteiger partial charge in [0.15, 0.2) is 0 Å². The smallest absolute Gasteiger partial charge is 0.108 e. The minimum atomic E-state index is -0.718. The van der Waals surface area contributed by atoms with Gasteiger partial charge in [0.05, 0.1) is 0 Å². The van der Waals surface area contributed by atoms with Gasteiger partial charge >= 0.3 is 0 Å². The molecule has 2 rings (SSSR count). The maximum absolute atomic E-state index is 12.8. The largest absolute Gasteiger partial charge is 0.247 e.